The van der Waals surface area contributed by atoms with Gasteiger partial charge in [0.05, 0.1) is 5.71 Å². The van der Waals surface area contributed by atoms with E-state index in [9.17, 15) is 9.59 Å². The third kappa shape index (κ3) is 6.58. The second-order valence-corrected chi connectivity index (χ2v) is 6.53. The zero-order valence-electron chi connectivity index (χ0n) is 16.1. The summed E-state index contributed by atoms with van der Waals surface area (Å²) in [4.78, 5) is 28.1. The van der Waals surface area contributed by atoms with E-state index in [1.54, 1.807) is 19.1 Å². The molecule has 0 aliphatic carbocycles. The molecule has 2 amide bonds. The summed E-state index contributed by atoms with van der Waals surface area (Å²) in [6.07, 6.45) is 0. The van der Waals surface area contributed by atoms with Crippen LogP contribution < -0.4 is 10.6 Å². The molecule has 0 saturated carbocycles. The number of nitrogens with one attached hydrogen (secondary N) is 2. The molecule has 6 nitrogen and oxygen atoms in total. The summed E-state index contributed by atoms with van der Waals surface area (Å²) in [5.41, 5.74) is 4.13. The molecule has 27 heavy (non-hydrogen) atoms. The van der Waals surface area contributed by atoms with Crippen molar-refractivity contribution in [2.75, 3.05) is 17.2 Å². The van der Waals surface area contributed by atoms with Crippen molar-refractivity contribution in [3.05, 3.63) is 59.7 Å². The van der Waals surface area contributed by atoms with Crippen LogP contribution in [0.15, 0.2) is 53.7 Å². The quantitative estimate of drug-likeness (QED) is 0.570. The van der Waals surface area contributed by atoms with Gasteiger partial charge < -0.3 is 15.5 Å². The lowest BCUT2D eigenvalue weighted by molar-refractivity contribution is -0.120. The Morgan fingerprint density at radius 2 is 1.48 bits per heavy atom. The summed E-state index contributed by atoms with van der Waals surface area (Å²) in [7, 11) is 0. The van der Waals surface area contributed by atoms with Gasteiger partial charge >= 0.3 is 0 Å². The predicted octanol–water partition coefficient (Wildman–Crippen LogP) is 4.15. The highest BCUT2D eigenvalue weighted by molar-refractivity contribution is 5.99. The van der Waals surface area contributed by atoms with E-state index >= 15 is 0 Å². The summed E-state index contributed by atoms with van der Waals surface area (Å²) in [5, 5.41) is 9.44. The van der Waals surface area contributed by atoms with Gasteiger partial charge in [-0.15, -0.1) is 0 Å². The normalized spacial score (nSPS) is 11.2. The number of oxime groups is 1. The maximum Gasteiger partial charge on any atom is 0.265 e. The van der Waals surface area contributed by atoms with Gasteiger partial charge in [-0.1, -0.05) is 43.3 Å². The molecule has 0 aromatic heterocycles. The van der Waals surface area contributed by atoms with E-state index in [0.717, 1.165) is 11.3 Å². The van der Waals surface area contributed by atoms with Gasteiger partial charge in [0.1, 0.15) is 0 Å². The van der Waals surface area contributed by atoms with Gasteiger partial charge in [-0.25, -0.2) is 0 Å². The number of carbonyl (C=O) groups is 2. The average molecular weight is 367 g/mol. The van der Waals surface area contributed by atoms with Gasteiger partial charge in [0, 0.05) is 18.3 Å². The molecule has 6 heteroatoms. The van der Waals surface area contributed by atoms with Crippen LogP contribution in [0.25, 0.3) is 0 Å². The molecule has 0 spiro atoms. The average Bonchev–Trinajstić information content (AvgIpc) is 2.62. The number of hydrogen-bond acceptors (Lipinski definition) is 4. The summed E-state index contributed by atoms with van der Waals surface area (Å²) in [6, 6.07) is 14.9. The van der Waals surface area contributed by atoms with Gasteiger partial charge in [-0.05, 0) is 48.2 Å². The lowest BCUT2D eigenvalue weighted by atomic mass is 10.0. The van der Waals surface area contributed by atoms with Crippen molar-refractivity contribution in [1.29, 1.82) is 0 Å². The Labute approximate surface area is 159 Å². The highest BCUT2D eigenvalue weighted by atomic mass is 16.6. The van der Waals surface area contributed by atoms with Crippen LogP contribution in [-0.2, 0) is 14.4 Å². The number of carbonyl (C=O) groups excluding carboxylic acids is 2. The monoisotopic (exact) mass is 367 g/mol. The molecule has 2 N–H and O–H groups in total. The highest BCUT2D eigenvalue weighted by Gasteiger charge is 2.05. The first-order chi connectivity index (χ1) is 12.8. The standard InChI is InChI=1S/C21H25N3O3/c1-14(2)17-5-9-20(10-6-17)23-21(26)13-27-24-15(3)18-7-11-19(12-8-18)22-16(4)25/h5-12,14H,13H2,1-4H3,(H,22,25)(H,23,26)/b24-15+. The zero-order valence-corrected chi connectivity index (χ0v) is 16.1. The van der Waals surface area contributed by atoms with Crippen LogP contribution in [0.2, 0.25) is 0 Å². The molecule has 0 aliphatic rings. The van der Waals surface area contributed by atoms with E-state index in [1.165, 1.54) is 12.5 Å². The molecule has 2 aromatic carbocycles. The first-order valence-corrected chi connectivity index (χ1v) is 8.79. The van der Waals surface area contributed by atoms with E-state index in [-0.39, 0.29) is 18.4 Å². The van der Waals surface area contributed by atoms with Gasteiger partial charge in [-0.2, -0.15) is 0 Å². The molecular weight excluding hydrogens is 342 g/mol. The molecule has 0 heterocycles. The van der Waals surface area contributed by atoms with E-state index in [0.29, 0.717) is 17.3 Å². The highest BCUT2D eigenvalue weighted by Crippen LogP contribution is 2.17. The minimum atomic E-state index is -0.273. The van der Waals surface area contributed by atoms with E-state index in [2.05, 4.69) is 29.6 Å². The third-order valence-electron chi connectivity index (χ3n) is 3.88. The van der Waals surface area contributed by atoms with E-state index < -0.39 is 0 Å². The number of rotatable bonds is 7. The van der Waals surface area contributed by atoms with E-state index in [1.807, 2.05) is 36.4 Å². The van der Waals surface area contributed by atoms with Crippen LogP contribution in [0.3, 0.4) is 0 Å². The molecule has 0 radical (unpaired) electrons. The first-order valence-electron chi connectivity index (χ1n) is 8.79. The zero-order chi connectivity index (χ0) is 19.8. The van der Waals surface area contributed by atoms with Crippen LogP contribution in [0.4, 0.5) is 11.4 Å². The summed E-state index contributed by atoms with van der Waals surface area (Å²) >= 11 is 0. The Balaban J connectivity index is 1.84. The SMILES string of the molecule is CC(=O)Nc1ccc(/C(C)=N/OCC(=O)Nc2ccc(C(C)C)cc2)cc1. The molecule has 0 unspecified atom stereocenters. The molecule has 0 bridgehead atoms. The Kier molecular flexibility index (Phi) is 7.11. The van der Waals surface area contributed by atoms with Crippen molar-refractivity contribution in [2.24, 2.45) is 5.16 Å². The molecule has 2 aromatic rings. The maximum absolute atomic E-state index is 12.0. The number of hydrogen-bond donors (Lipinski definition) is 2. The molecule has 0 atom stereocenters. The Bertz CT molecular complexity index is 810. The molecule has 0 aliphatic heterocycles. The molecular formula is C21H25N3O3. The number of amides is 2. The number of benzene rings is 2. The molecule has 0 saturated heterocycles. The summed E-state index contributed by atoms with van der Waals surface area (Å²) in [5.74, 6) is 0.0499. The molecule has 142 valence electrons. The summed E-state index contributed by atoms with van der Waals surface area (Å²) < 4.78 is 0. The molecule has 2 rings (SSSR count). The van der Waals surface area contributed by atoms with Crippen molar-refractivity contribution in [3.8, 4) is 0 Å². The van der Waals surface area contributed by atoms with E-state index in [4.69, 9.17) is 4.84 Å². The minimum absolute atomic E-state index is 0.124. The topological polar surface area (TPSA) is 79.8 Å². The van der Waals surface area contributed by atoms with Gasteiger partial charge in [0.2, 0.25) is 5.91 Å². The lowest BCUT2D eigenvalue weighted by Crippen LogP contribution is -2.17. The minimum Gasteiger partial charge on any atom is -0.385 e. The van der Waals surface area contributed by atoms with Crippen molar-refractivity contribution < 1.29 is 14.4 Å². The maximum atomic E-state index is 12.0. The van der Waals surface area contributed by atoms with Crippen LogP contribution in [0.1, 0.15) is 44.7 Å². The largest absolute Gasteiger partial charge is 0.385 e. The van der Waals surface area contributed by atoms with Crippen LogP contribution >= 0.6 is 0 Å². The fourth-order valence-corrected chi connectivity index (χ4v) is 2.39. The van der Waals surface area contributed by atoms with Crippen molar-refractivity contribution in [1.82, 2.24) is 0 Å². The smallest absolute Gasteiger partial charge is 0.265 e. The first kappa shape index (κ1) is 20.2. The Morgan fingerprint density at radius 3 is 2.04 bits per heavy atom. The number of nitrogens with zero attached hydrogens (tertiary/aromatic N) is 1. The third-order valence-corrected chi connectivity index (χ3v) is 3.88. The Hall–Kier alpha value is -3.15. The lowest BCUT2D eigenvalue weighted by Gasteiger charge is -2.08. The number of anilines is 2. The van der Waals surface area contributed by atoms with Crippen molar-refractivity contribution >= 4 is 28.9 Å². The Morgan fingerprint density at radius 1 is 0.926 bits per heavy atom. The van der Waals surface area contributed by atoms with Crippen molar-refractivity contribution in [3.63, 3.8) is 0 Å². The van der Waals surface area contributed by atoms with Crippen LogP contribution in [-0.4, -0.2) is 24.1 Å². The van der Waals surface area contributed by atoms with Gasteiger partial charge in [0.25, 0.3) is 5.91 Å². The molecule has 0 fully saturated rings. The van der Waals surface area contributed by atoms with Crippen molar-refractivity contribution in [2.45, 2.75) is 33.6 Å². The fraction of sp³-hybridized carbons (Fsp3) is 0.286. The summed E-state index contributed by atoms with van der Waals surface area (Å²) in [6.45, 7) is 7.31. The fourth-order valence-electron chi connectivity index (χ4n) is 2.39. The van der Waals surface area contributed by atoms with Crippen LogP contribution in [0.5, 0.6) is 0 Å². The predicted molar refractivity (Wildman–Crippen MR) is 108 cm³/mol. The van der Waals surface area contributed by atoms with Gasteiger partial charge in [0.15, 0.2) is 6.61 Å². The van der Waals surface area contributed by atoms with Crippen LogP contribution in [0, 0.1) is 0 Å². The second-order valence-electron chi connectivity index (χ2n) is 6.53. The van der Waals surface area contributed by atoms with Gasteiger partial charge in [-0.3, -0.25) is 9.59 Å². The second kappa shape index (κ2) is 9.52.